The van der Waals surface area contributed by atoms with Crippen molar-refractivity contribution in [2.45, 2.75) is 24.6 Å². The van der Waals surface area contributed by atoms with Gasteiger partial charge in [-0.1, -0.05) is 30.3 Å². The van der Waals surface area contributed by atoms with Gasteiger partial charge < -0.3 is 25.4 Å². The van der Waals surface area contributed by atoms with E-state index in [0.29, 0.717) is 29.1 Å². The van der Waals surface area contributed by atoms with Gasteiger partial charge in [-0.2, -0.15) is 0 Å². The van der Waals surface area contributed by atoms with Crippen LogP contribution in [0.1, 0.15) is 18.5 Å². The van der Waals surface area contributed by atoms with Gasteiger partial charge in [-0.05, 0) is 36.8 Å². The van der Waals surface area contributed by atoms with Crippen LogP contribution < -0.4 is 36.4 Å². The molecule has 5 rings (SSSR count). The molecule has 0 saturated carbocycles. The van der Waals surface area contributed by atoms with Crippen LogP contribution in [0.2, 0.25) is 0 Å². The van der Waals surface area contributed by atoms with Gasteiger partial charge >= 0.3 is 12.0 Å². The van der Waals surface area contributed by atoms with Crippen LogP contribution in [-0.2, 0) is 14.3 Å². The lowest BCUT2D eigenvalue weighted by Gasteiger charge is -2.37. The second kappa shape index (κ2) is 11.3. The van der Waals surface area contributed by atoms with Crippen LogP contribution in [0.25, 0.3) is 0 Å². The first kappa shape index (κ1) is 25.9. The Morgan fingerprint density at radius 3 is 2.55 bits per heavy atom. The molecule has 12 heteroatoms. The smallest absolute Gasteiger partial charge is 0.338 e. The zero-order chi connectivity index (χ0) is 26.6. The summed E-state index contributed by atoms with van der Waals surface area (Å²) in [6, 6.07) is 15.8. The number of para-hydroxylation sites is 1. The van der Waals surface area contributed by atoms with E-state index in [1.54, 1.807) is 38.3 Å². The van der Waals surface area contributed by atoms with Crippen molar-refractivity contribution in [2.24, 2.45) is 5.92 Å². The number of hydrazine groups is 1. The molecule has 2 aromatic rings. The van der Waals surface area contributed by atoms with Gasteiger partial charge in [-0.25, -0.2) is 15.0 Å². The van der Waals surface area contributed by atoms with Crippen LogP contribution in [0.15, 0.2) is 65.9 Å². The maximum atomic E-state index is 13.1. The van der Waals surface area contributed by atoms with Gasteiger partial charge in [0.1, 0.15) is 17.4 Å². The van der Waals surface area contributed by atoms with Crippen LogP contribution >= 0.6 is 11.8 Å². The number of hydrogen-bond acceptors (Lipinski definition) is 9. The predicted octanol–water partition coefficient (Wildman–Crippen LogP) is 1.57. The van der Waals surface area contributed by atoms with Crippen molar-refractivity contribution in [1.29, 1.82) is 0 Å². The minimum Gasteiger partial charge on any atom is -0.497 e. The summed E-state index contributed by atoms with van der Waals surface area (Å²) in [6.07, 6.45) is -0.253. The van der Waals surface area contributed by atoms with E-state index in [9.17, 15) is 14.4 Å². The molecular weight excluding hydrogens is 508 g/mol. The molecule has 0 aliphatic carbocycles. The summed E-state index contributed by atoms with van der Waals surface area (Å²) in [6.45, 7) is 2.44. The molecule has 11 nitrogen and oxygen atoms in total. The summed E-state index contributed by atoms with van der Waals surface area (Å²) in [5.74, 6) is 0.0614. The van der Waals surface area contributed by atoms with Crippen LogP contribution in [0, 0.1) is 5.92 Å². The van der Waals surface area contributed by atoms with Crippen molar-refractivity contribution in [2.75, 3.05) is 31.0 Å². The zero-order valence-corrected chi connectivity index (χ0v) is 21.8. The van der Waals surface area contributed by atoms with Gasteiger partial charge in [0.2, 0.25) is 5.91 Å². The summed E-state index contributed by atoms with van der Waals surface area (Å²) in [7, 11) is 1.57. The number of nitrogens with zero attached hydrogens (tertiary/aromatic N) is 1. The highest BCUT2D eigenvalue weighted by molar-refractivity contribution is 8.00. The van der Waals surface area contributed by atoms with E-state index < -0.39 is 23.5 Å². The molecule has 4 unspecified atom stereocenters. The lowest BCUT2D eigenvalue weighted by Crippen LogP contribution is -2.63. The number of amides is 3. The first-order chi connectivity index (χ1) is 18.5. The lowest BCUT2D eigenvalue weighted by atomic mass is 9.95. The maximum absolute atomic E-state index is 13.1. The monoisotopic (exact) mass is 538 g/mol. The van der Waals surface area contributed by atoms with Crippen molar-refractivity contribution in [3.05, 3.63) is 71.4 Å². The highest BCUT2D eigenvalue weighted by Crippen LogP contribution is 2.32. The Labute approximate surface area is 224 Å². The summed E-state index contributed by atoms with van der Waals surface area (Å²) in [4.78, 5) is 38.6. The van der Waals surface area contributed by atoms with Crippen molar-refractivity contribution in [1.82, 2.24) is 26.7 Å². The number of anilines is 1. The highest BCUT2D eigenvalue weighted by Gasteiger charge is 2.44. The average molecular weight is 539 g/mol. The minimum atomic E-state index is -0.699. The summed E-state index contributed by atoms with van der Waals surface area (Å²) >= 11 is 1.37. The van der Waals surface area contributed by atoms with Crippen molar-refractivity contribution >= 4 is 35.4 Å². The molecule has 38 heavy (non-hydrogen) atoms. The van der Waals surface area contributed by atoms with E-state index in [1.165, 1.54) is 11.8 Å². The van der Waals surface area contributed by atoms with Gasteiger partial charge in [0.25, 0.3) is 0 Å². The van der Waals surface area contributed by atoms with Crippen LogP contribution in [0.4, 0.5) is 10.5 Å². The first-order valence-electron chi connectivity index (χ1n) is 12.4. The number of benzene rings is 2. The normalized spacial score (nSPS) is 24.7. The molecule has 2 fully saturated rings. The van der Waals surface area contributed by atoms with Crippen molar-refractivity contribution in [3.63, 3.8) is 0 Å². The van der Waals surface area contributed by atoms with Gasteiger partial charge in [-0.15, -0.1) is 11.8 Å². The van der Waals surface area contributed by atoms with Crippen molar-refractivity contribution < 1.29 is 23.9 Å². The molecule has 0 bridgehead atoms. The van der Waals surface area contributed by atoms with Gasteiger partial charge in [0.05, 0.1) is 36.9 Å². The fourth-order valence-electron chi connectivity index (χ4n) is 4.77. The predicted molar refractivity (Wildman–Crippen MR) is 143 cm³/mol. The number of nitrogens with one attached hydrogen (secondary N) is 5. The van der Waals surface area contributed by atoms with Crippen molar-refractivity contribution in [3.8, 4) is 5.75 Å². The molecule has 200 valence electrons. The number of carbonyl (C=O) groups is 3. The second-order valence-electron chi connectivity index (χ2n) is 8.90. The third-order valence-corrected chi connectivity index (χ3v) is 7.64. The Morgan fingerprint density at radius 2 is 1.84 bits per heavy atom. The molecule has 3 amide bonds. The lowest BCUT2D eigenvalue weighted by molar-refractivity contribution is -0.139. The number of ether oxygens (including phenoxy) is 2. The third kappa shape index (κ3) is 5.28. The Balaban J connectivity index is 1.37. The summed E-state index contributed by atoms with van der Waals surface area (Å²) in [5.41, 5.74) is 5.27. The number of rotatable bonds is 8. The van der Waals surface area contributed by atoms with Gasteiger partial charge in [0.15, 0.2) is 0 Å². The zero-order valence-electron chi connectivity index (χ0n) is 21.0. The molecule has 0 aromatic heterocycles. The van der Waals surface area contributed by atoms with Crippen LogP contribution in [0.5, 0.6) is 5.75 Å². The summed E-state index contributed by atoms with van der Waals surface area (Å²) in [5, 5.41) is 14.1. The average Bonchev–Trinajstić information content (AvgIpc) is 3.37. The fraction of sp³-hybridized carbons (Fsp3) is 0.346. The Kier molecular flexibility index (Phi) is 7.72. The Morgan fingerprint density at radius 1 is 1.08 bits per heavy atom. The quantitative estimate of drug-likeness (QED) is 0.318. The standard InChI is InChI=1S/C26H30N6O5S/c1-3-37-24(34)20-19(28-25(35)29-21(20)15-9-11-17(36-2)12-10-15)14-38-26-30-22-18(23(33)31-26)13-27-32(22)16-7-5-4-6-8-16/h4-12,18,21-22,26-27,30H,3,13-14H2,1-2H3,(H,31,33)(H2,28,29,35). The third-order valence-electron chi connectivity index (χ3n) is 6.60. The number of hydrogen-bond donors (Lipinski definition) is 5. The van der Waals surface area contributed by atoms with E-state index in [2.05, 4.69) is 26.7 Å². The molecule has 3 heterocycles. The fourth-order valence-corrected chi connectivity index (χ4v) is 5.77. The van der Waals surface area contributed by atoms with Gasteiger partial charge in [0, 0.05) is 18.0 Å². The minimum absolute atomic E-state index is 0.0674. The molecular formula is C26H30N6O5S. The SMILES string of the molecule is CCOC(=O)C1=C(CSC2NC(=O)C3CNN(c4ccccc4)C3N2)NC(=O)NC1c1ccc(OC)cc1. The molecule has 5 N–H and O–H groups in total. The maximum Gasteiger partial charge on any atom is 0.338 e. The number of carbonyl (C=O) groups excluding carboxylic acids is 3. The van der Waals surface area contributed by atoms with Gasteiger partial charge in [-0.3, -0.25) is 15.1 Å². The van der Waals surface area contributed by atoms with E-state index in [0.717, 1.165) is 5.69 Å². The topological polar surface area (TPSA) is 133 Å². The highest BCUT2D eigenvalue weighted by atomic mass is 32.2. The molecule has 2 saturated heterocycles. The molecule has 0 radical (unpaired) electrons. The molecule has 3 aliphatic rings. The Hall–Kier alpha value is -3.74. The van der Waals surface area contributed by atoms with Crippen LogP contribution in [0.3, 0.4) is 0 Å². The van der Waals surface area contributed by atoms with E-state index in [-0.39, 0.29) is 30.4 Å². The molecule has 4 atom stereocenters. The number of methoxy groups -OCH3 is 1. The first-order valence-corrected chi connectivity index (χ1v) is 13.4. The largest absolute Gasteiger partial charge is 0.497 e. The number of fused-ring (bicyclic) bond motifs is 1. The summed E-state index contributed by atoms with van der Waals surface area (Å²) < 4.78 is 10.6. The van der Waals surface area contributed by atoms with E-state index in [1.807, 2.05) is 35.3 Å². The van der Waals surface area contributed by atoms with E-state index in [4.69, 9.17) is 9.47 Å². The molecule has 3 aliphatic heterocycles. The second-order valence-corrected chi connectivity index (χ2v) is 10.00. The molecule has 2 aromatic carbocycles. The number of esters is 1. The Bertz CT molecular complexity index is 1220. The van der Waals surface area contributed by atoms with Crippen LogP contribution in [-0.4, -0.2) is 55.6 Å². The number of urea groups is 1. The number of thioether (sulfide) groups is 1. The van der Waals surface area contributed by atoms with E-state index >= 15 is 0 Å². The molecule has 0 spiro atoms.